The summed E-state index contributed by atoms with van der Waals surface area (Å²) in [5, 5.41) is 9.68. The zero-order valence-corrected chi connectivity index (χ0v) is 16.3. The molecule has 0 atom stereocenters. The summed E-state index contributed by atoms with van der Waals surface area (Å²) in [4.78, 5) is 20.4. The fourth-order valence-corrected chi connectivity index (χ4v) is 3.86. The second-order valence-electron chi connectivity index (χ2n) is 7.46. The zero-order chi connectivity index (χ0) is 20.0. The summed E-state index contributed by atoms with van der Waals surface area (Å²) in [7, 11) is 0. The molecule has 0 saturated carbocycles. The second kappa shape index (κ2) is 6.71. The number of hydrogen-bond acceptors (Lipinski definition) is 3. The van der Waals surface area contributed by atoms with E-state index in [0.717, 1.165) is 50.0 Å². The van der Waals surface area contributed by atoms with E-state index in [9.17, 15) is 4.79 Å². The Morgan fingerprint density at radius 2 is 1.69 bits per heavy atom. The predicted molar refractivity (Wildman–Crippen MR) is 115 cm³/mol. The van der Waals surface area contributed by atoms with Crippen molar-refractivity contribution in [2.75, 3.05) is 0 Å². The third kappa shape index (κ3) is 3.21. The Labute approximate surface area is 167 Å². The summed E-state index contributed by atoms with van der Waals surface area (Å²) in [6, 6.07) is 19.9. The summed E-state index contributed by atoms with van der Waals surface area (Å²) in [6.45, 7) is 3.97. The lowest BCUT2D eigenvalue weighted by Crippen LogP contribution is -2.03. The van der Waals surface area contributed by atoms with Crippen LogP contribution in [-0.2, 0) is 6.42 Å². The molecular weight excluding hydrogens is 360 g/mol. The van der Waals surface area contributed by atoms with Gasteiger partial charge in [-0.05, 0) is 49.7 Å². The van der Waals surface area contributed by atoms with Gasteiger partial charge < -0.3 is 4.98 Å². The lowest BCUT2D eigenvalue weighted by atomic mass is 10.1. The molecule has 0 spiro atoms. The number of hydrogen-bond donors (Lipinski definition) is 2. The molecule has 0 amide bonds. The van der Waals surface area contributed by atoms with E-state index < -0.39 is 0 Å². The topological polar surface area (TPSA) is 74.4 Å². The summed E-state index contributed by atoms with van der Waals surface area (Å²) < 4.78 is 0. The fraction of sp³-hybridized carbons (Fsp3) is 0.125. The van der Waals surface area contributed by atoms with Crippen LogP contribution in [0.5, 0.6) is 0 Å². The zero-order valence-electron chi connectivity index (χ0n) is 16.3. The van der Waals surface area contributed by atoms with E-state index in [2.05, 4.69) is 26.2 Å². The number of pyridine rings is 1. The van der Waals surface area contributed by atoms with E-state index in [1.807, 2.05) is 68.4 Å². The van der Waals surface area contributed by atoms with Crippen LogP contribution in [-0.4, -0.2) is 25.9 Å². The van der Waals surface area contributed by atoms with Gasteiger partial charge in [0.15, 0.2) is 5.78 Å². The first kappa shape index (κ1) is 17.4. The van der Waals surface area contributed by atoms with Gasteiger partial charge in [-0.2, -0.15) is 5.10 Å². The first-order valence-electron chi connectivity index (χ1n) is 9.60. The average Bonchev–Trinajstić information content (AvgIpc) is 3.29. The maximum atomic E-state index is 12.7. The van der Waals surface area contributed by atoms with Crippen LogP contribution in [0.15, 0.2) is 60.7 Å². The van der Waals surface area contributed by atoms with Crippen LogP contribution in [0.1, 0.15) is 27.4 Å². The third-order valence-corrected chi connectivity index (χ3v) is 5.16. The standard InChI is InChI=1S/C24H20N4O/c1-14-8-18(9-15(2)25-14)24-19-11-17-12-22(26-20(17)13-21(19)27-28-24)23(29)10-16-6-4-3-5-7-16/h3-9,11-13,26H,10H2,1-2H3,(H,27,28). The van der Waals surface area contributed by atoms with Crippen molar-refractivity contribution < 1.29 is 4.79 Å². The Morgan fingerprint density at radius 1 is 0.931 bits per heavy atom. The van der Waals surface area contributed by atoms with Crippen molar-refractivity contribution in [2.24, 2.45) is 0 Å². The molecule has 5 aromatic rings. The molecule has 3 heterocycles. The van der Waals surface area contributed by atoms with Gasteiger partial charge in [0.1, 0.15) is 5.69 Å². The van der Waals surface area contributed by atoms with Gasteiger partial charge in [-0.25, -0.2) is 0 Å². The first-order valence-corrected chi connectivity index (χ1v) is 9.60. The van der Waals surface area contributed by atoms with Crippen LogP contribution in [0.2, 0.25) is 0 Å². The Balaban J connectivity index is 1.56. The predicted octanol–water partition coefficient (Wildman–Crippen LogP) is 5.15. The molecular formula is C24H20N4O. The number of nitrogens with zero attached hydrogens (tertiary/aromatic N) is 2. The monoisotopic (exact) mass is 380 g/mol. The van der Waals surface area contributed by atoms with Crippen LogP contribution in [0.4, 0.5) is 0 Å². The Bertz CT molecular complexity index is 1340. The van der Waals surface area contributed by atoms with Crippen molar-refractivity contribution in [1.82, 2.24) is 20.2 Å². The van der Waals surface area contributed by atoms with E-state index in [4.69, 9.17) is 0 Å². The average molecular weight is 380 g/mol. The molecule has 2 N–H and O–H groups in total. The van der Waals surface area contributed by atoms with Crippen molar-refractivity contribution >= 4 is 27.6 Å². The van der Waals surface area contributed by atoms with E-state index in [1.165, 1.54) is 0 Å². The number of fused-ring (bicyclic) bond motifs is 2. The summed E-state index contributed by atoms with van der Waals surface area (Å²) in [5.74, 6) is 0.0785. The molecule has 0 fully saturated rings. The normalized spacial score (nSPS) is 11.4. The molecule has 5 rings (SSSR count). The van der Waals surface area contributed by atoms with Gasteiger partial charge in [-0.3, -0.25) is 14.9 Å². The minimum absolute atomic E-state index is 0.0785. The van der Waals surface area contributed by atoms with E-state index in [0.29, 0.717) is 12.1 Å². The second-order valence-corrected chi connectivity index (χ2v) is 7.46. The summed E-state index contributed by atoms with van der Waals surface area (Å²) in [5.41, 5.74) is 7.36. The number of benzene rings is 2. The van der Waals surface area contributed by atoms with Gasteiger partial charge >= 0.3 is 0 Å². The number of carbonyl (C=O) groups is 1. The molecule has 0 radical (unpaired) electrons. The lowest BCUT2D eigenvalue weighted by molar-refractivity contribution is 0.0989. The maximum Gasteiger partial charge on any atom is 0.183 e. The molecule has 5 nitrogen and oxygen atoms in total. The highest BCUT2D eigenvalue weighted by Crippen LogP contribution is 2.31. The Kier molecular flexibility index (Phi) is 4.02. The SMILES string of the molecule is Cc1cc(-c2n[nH]c3cc4[nH]c(C(=O)Cc5ccccc5)cc4cc23)cc(C)n1. The molecule has 0 aliphatic rings. The third-order valence-electron chi connectivity index (χ3n) is 5.16. The van der Waals surface area contributed by atoms with Gasteiger partial charge in [0.2, 0.25) is 0 Å². The van der Waals surface area contributed by atoms with Crippen molar-refractivity contribution in [1.29, 1.82) is 0 Å². The quantitative estimate of drug-likeness (QED) is 0.424. The number of carbonyl (C=O) groups excluding carboxylic acids is 1. The Hall–Kier alpha value is -3.73. The number of aromatic nitrogens is 4. The highest BCUT2D eigenvalue weighted by molar-refractivity contribution is 6.05. The van der Waals surface area contributed by atoms with Crippen molar-refractivity contribution in [3.05, 3.63) is 83.3 Å². The van der Waals surface area contributed by atoms with Crippen LogP contribution in [0, 0.1) is 13.8 Å². The number of Topliss-reactive ketones (excluding diaryl/α,β-unsaturated/α-hetero) is 1. The van der Waals surface area contributed by atoms with Crippen molar-refractivity contribution in [3.63, 3.8) is 0 Å². The van der Waals surface area contributed by atoms with Crippen LogP contribution < -0.4 is 0 Å². The first-order chi connectivity index (χ1) is 14.1. The van der Waals surface area contributed by atoms with Gasteiger partial charge in [0.25, 0.3) is 0 Å². The van der Waals surface area contributed by atoms with E-state index >= 15 is 0 Å². The molecule has 0 unspecified atom stereocenters. The van der Waals surface area contributed by atoms with Gasteiger partial charge in [0, 0.05) is 39.7 Å². The largest absolute Gasteiger partial charge is 0.352 e. The van der Waals surface area contributed by atoms with Gasteiger partial charge in [-0.15, -0.1) is 0 Å². The minimum Gasteiger partial charge on any atom is -0.352 e. The minimum atomic E-state index is 0.0785. The Morgan fingerprint density at radius 3 is 2.45 bits per heavy atom. The summed E-state index contributed by atoms with van der Waals surface area (Å²) >= 11 is 0. The van der Waals surface area contributed by atoms with Gasteiger partial charge in [-0.1, -0.05) is 30.3 Å². The lowest BCUT2D eigenvalue weighted by Gasteiger charge is -2.02. The number of ketones is 1. The number of aromatic amines is 2. The molecule has 29 heavy (non-hydrogen) atoms. The van der Waals surface area contributed by atoms with Crippen molar-refractivity contribution in [3.8, 4) is 11.3 Å². The molecule has 2 aromatic carbocycles. The highest BCUT2D eigenvalue weighted by atomic mass is 16.1. The van der Waals surface area contributed by atoms with Crippen LogP contribution >= 0.6 is 0 Å². The van der Waals surface area contributed by atoms with Crippen molar-refractivity contribution in [2.45, 2.75) is 20.3 Å². The maximum absolute atomic E-state index is 12.7. The van der Waals surface area contributed by atoms with Crippen LogP contribution in [0.25, 0.3) is 33.1 Å². The molecule has 142 valence electrons. The van der Waals surface area contributed by atoms with E-state index in [1.54, 1.807) is 0 Å². The molecule has 5 heteroatoms. The number of rotatable bonds is 4. The fourth-order valence-electron chi connectivity index (χ4n) is 3.86. The molecule has 0 saturated heterocycles. The smallest absolute Gasteiger partial charge is 0.183 e. The number of aryl methyl sites for hydroxylation is 2. The molecule has 0 aliphatic carbocycles. The number of nitrogens with one attached hydrogen (secondary N) is 2. The number of H-pyrrole nitrogens is 2. The van der Waals surface area contributed by atoms with Crippen LogP contribution in [0.3, 0.4) is 0 Å². The molecule has 0 aliphatic heterocycles. The van der Waals surface area contributed by atoms with Gasteiger partial charge in [0.05, 0.1) is 11.2 Å². The molecule has 0 bridgehead atoms. The van der Waals surface area contributed by atoms with E-state index in [-0.39, 0.29) is 5.78 Å². The summed E-state index contributed by atoms with van der Waals surface area (Å²) in [6.07, 6.45) is 0.383. The highest BCUT2D eigenvalue weighted by Gasteiger charge is 2.14. The molecule has 3 aromatic heterocycles.